The minimum Gasteiger partial charge on any atom is -0.497 e. The number of barbiturate groups is 1. The average Bonchev–Trinajstić information content (AvgIpc) is 2.77. The highest BCUT2D eigenvalue weighted by molar-refractivity contribution is 6.40. The molecular formula is C26H26ClN3O4. The number of amides is 4. The second kappa shape index (κ2) is 8.65. The number of hydrogen-bond acceptors (Lipinski definition) is 5. The Bertz CT molecular complexity index is 1260. The monoisotopic (exact) mass is 479 g/mol. The number of hydrogen-bond donors (Lipinski definition) is 1. The van der Waals surface area contributed by atoms with Crippen LogP contribution in [-0.4, -0.2) is 37.0 Å². The Hall–Kier alpha value is -3.58. The molecular weight excluding hydrogens is 454 g/mol. The van der Waals surface area contributed by atoms with Gasteiger partial charge in [0.25, 0.3) is 11.8 Å². The first-order chi connectivity index (χ1) is 16.1. The smallest absolute Gasteiger partial charge is 0.335 e. The van der Waals surface area contributed by atoms with Gasteiger partial charge in [0.15, 0.2) is 0 Å². The Balaban J connectivity index is 1.77. The van der Waals surface area contributed by atoms with Crippen molar-refractivity contribution in [2.45, 2.75) is 33.2 Å². The molecule has 34 heavy (non-hydrogen) atoms. The molecule has 176 valence electrons. The molecule has 0 radical (unpaired) electrons. The van der Waals surface area contributed by atoms with E-state index in [4.69, 9.17) is 16.3 Å². The number of methoxy groups -OCH3 is 1. The lowest BCUT2D eigenvalue weighted by atomic mass is 9.87. The molecule has 0 bridgehead atoms. The molecule has 4 rings (SSSR count). The van der Waals surface area contributed by atoms with Crippen molar-refractivity contribution >= 4 is 52.5 Å². The number of allylic oxidation sites excluding steroid dienone is 1. The van der Waals surface area contributed by atoms with Gasteiger partial charge in [-0.3, -0.25) is 14.9 Å². The first-order valence-electron chi connectivity index (χ1n) is 10.9. The number of ether oxygens (including phenoxy) is 1. The number of likely N-dealkylation sites (N-methyl/N-ethyl adjacent to an activating group) is 1. The van der Waals surface area contributed by atoms with Gasteiger partial charge < -0.3 is 9.64 Å². The van der Waals surface area contributed by atoms with Gasteiger partial charge in [0.2, 0.25) is 0 Å². The maximum absolute atomic E-state index is 13.2. The minimum absolute atomic E-state index is 0.173. The molecule has 2 heterocycles. The van der Waals surface area contributed by atoms with Crippen LogP contribution in [0.15, 0.2) is 48.0 Å². The molecule has 1 saturated heterocycles. The van der Waals surface area contributed by atoms with Crippen LogP contribution < -0.4 is 19.9 Å². The molecule has 2 aliphatic heterocycles. The van der Waals surface area contributed by atoms with E-state index >= 15 is 0 Å². The zero-order chi connectivity index (χ0) is 24.8. The second-order valence-electron chi connectivity index (χ2n) is 8.77. The predicted octanol–water partition coefficient (Wildman–Crippen LogP) is 5.04. The van der Waals surface area contributed by atoms with Gasteiger partial charge in [-0.25, -0.2) is 9.69 Å². The Morgan fingerprint density at radius 3 is 2.41 bits per heavy atom. The largest absolute Gasteiger partial charge is 0.497 e. The number of benzene rings is 2. The number of anilines is 2. The van der Waals surface area contributed by atoms with Crippen molar-refractivity contribution in [3.05, 3.63) is 64.2 Å². The average molecular weight is 480 g/mol. The van der Waals surface area contributed by atoms with Gasteiger partial charge in [0.05, 0.1) is 18.3 Å². The summed E-state index contributed by atoms with van der Waals surface area (Å²) < 4.78 is 5.13. The SMILES string of the molecule is CCN1c2cc(Cl)c(/C=C3/C(=O)NC(=O)N(c4ccc(OC)cc4)C3=O)cc2C(C)=CC1(C)C. The molecule has 8 heteroatoms. The summed E-state index contributed by atoms with van der Waals surface area (Å²) in [5.74, 6) is -0.914. The summed E-state index contributed by atoms with van der Waals surface area (Å²) >= 11 is 6.63. The van der Waals surface area contributed by atoms with E-state index in [0.29, 0.717) is 22.0 Å². The molecule has 0 spiro atoms. The second-order valence-corrected chi connectivity index (χ2v) is 9.18. The van der Waals surface area contributed by atoms with Crippen LogP contribution in [0, 0.1) is 0 Å². The fourth-order valence-corrected chi connectivity index (χ4v) is 4.79. The Morgan fingerprint density at radius 2 is 1.79 bits per heavy atom. The third kappa shape index (κ3) is 3.96. The fourth-order valence-electron chi connectivity index (χ4n) is 4.58. The molecule has 1 fully saturated rings. The molecule has 4 amide bonds. The van der Waals surface area contributed by atoms with Crippen LogP contribution in [0.5, 0.6) is 5.75 Å². The van der Waals surface area contributed by atoms with Crippen LogP contribution in [0.3, 0.4) is 0 Å². The highest BCUT2D eigenvalue weighted by atomic mass is 35.5. The molecule has 0 saturated carbocycles. The van der Waals surface area contributed by atoms with Crippen LogP contribution in [-0.2, 0) is 9.59 Å². The van der Waals surface area contributed by atoms with Gasteiger partial charge in [-0.15, -0.1) is 0 Å². The maximum Gasteiger partial charge on any atom is 0.335 e. The molecule has 7 nitrogen and oxygen atoms in total. The fraction of sp³-hybridized carbons (Fsp3) is 0.269. The molecule has 0 unspecified atom stereocenters. The van der Waals surface area contributed by atoms with Crippen LogP contribution in [0.2, 0.25) is 5.02 Å². The van der Waals surface area contributed by atoms with E-state index in [1.54, 1.807) is 24.3 Å². The summed E-state index contributed by atoms with van der Waals surface area (Å²) in [5.41, 5.74) is 3.54. The van der Waals surface area contributed by atoms with E-state index in [1.165, 1.54) is 13.2 Å². The van der Waals surface area contributed by atoms with E-state index in [0.717, 1.165) is 28.3 Å². The van der Waals surface area contributed by atoms with Crippen molar-refractivity contribution in [1.29, 1.82) is 0 Å². The number of carbonyl (C=O) groups is 3. The molecule has 2 aromatic carbocycles. The number of nitrogens with one attached hydrogen (secondary N) is 1. The summed E-state index contributed by atoms with van der Waals surface area (Å²) in [6.07, 6.45) is 3.62. The highest BCUT2D eigenvalue weighted by Gasteiger charge is 2.37. The van der Waals surface area contributed by atoms with Crippen molar-refractivity contribution in [3.63, 3.8) is 0 Å². The topological polar surface area (TPSA) is 79.0 Å². The van der Waals surface area contributed by atoms with Gasteiger partial charge in [0.1, 0.15) is 11.3 Å². The molecule has 0 atom stereocenters. The maximum atomic E-state index is 13.2. The zero-order valence-electron chi connectivity index (χ0n) is 19.7. The third-order valence-corrected chi connectivity index (χ3v) is 6.47. The number of urea groups is 1. The van der Waals surface area contributed by atoms with Gasteiger partial charge >= 0.3 is 6.03 Å². The van der Waals surface area contributed by atoms with E-state index in [1.807, 2.05) is 19.1 Å². The normalized spacial score (nSPS) is 18.6. The lowest BCUT2D eigenvalue weighted by Gasteiger charge is -2.43. The Kier molecular flexibility index (Phi) is 6.00. The van der Waals surface area contributed by atoms with Crippen LogP contribution >= 0.6 is 11.6 Å². The molecule has 0 aromatic heterocycles. The predicted molar refractivity (Wildman–Crippen MR) is 134 cm³/mol. The number of fused-ring (bicyclic) bond motifs is 1. The van der Waals surface area contributed by atoms with Crippen LogP contribution in [0.25, 0.3) is 11.6 Å². The zero-order valence-corrected chi connectivity index (χ0v) is 20.5. The molecule has 1 N–H and O–H groups in total. The van der Waals surface area contributed by atoms with E-state index in [9.17, 15) is 14.4 Å². The highest BCUT2D eigenvalue weighted by Crippen LogP contribution is 2.41. The number of rotatable bonds is 4. The Labute approximate surface area is 203 Å². The van der Waals surface area contributed by atoms with E-state index in [-0.39, 0.29) is 11.1 Å². The third-order valence-electron chi connectivity index (χ3n) is 6.14. The number of halogens is 1. The standard InChI is InChI=1S/C26H26ClN3O4/c1-6-29-22-13-21(27)16(11-19(22)15(2)14-26(29,3)4)12-20-23(31)28-25(33)30(24(20)32)17-7-9-18(34-5)10-8-17/h7-14H,6H2,1-5H3,(H,28,31,33)/b20-12-. The summed E-state index contributed by atoms with van der Waals surface area (Å²) in [4.78, 5) is 41.5. The van der Waals surface area contributed by atoms with Crippen molar-refractivity contribution in [2.24, 2.45) is 0 Å². The van der Waals surface area contributed by atoms with Crippen LogP contribution in [0.4, 0.5) is 16.2 Å². The van der Waals surface area contributed by atoms with Crippen molar-refractivity contribution in [3.8, 4) is 5.75 Å². The van der Waals surface area contributed by atoms with Gasteiger partial charge in [-0.2, -0.15) is 0 Å². The summed E-state index contributed by atoms with van der Waals surface area (Å²) in [6.45, 7) is 9.19. The lowest BCUT2D eigenvalue weighted by molar-refractivity contribution is -0.122. The molecule has 2 aromatic rings. The van der Waals surface area contributed by atoms with Gasteiger partial charge in [-0.05, 0) is 81.3 Å². The minimum atomic E-state index is -0.812. The molecule has 2 aliphatic rings. The van der Waals surface area contributed by atoms with E-state index < -0.39 is 17.8 Å². The number of imide groups is 2. The number of nitrogens with zero attached hydrogens (tertiary/aromatic N) is 2. The summed E-state index contributed by atoms with van der Waals surface area (Å²) in [7, 11) is 1.52. The first kappa shape index (κ1) is 23.6. The first-order valence-corrected chi connectivity index (χ1v) is 11.3. The van der Waals surface area contributed by atoms with Crippen LogP contribution in [0.1, 0.15) is 38.8 Å². The summed E-state index contributed by atoms with van der Waals surface area (Å²) in [6, 6.07) is 9.34. The quantitative estimate of drug-likeness (QED) is 0.491. The van der Waals surface area contributed by atoms with Crippen molar-refractivity contribution < 1.29 is 19.1 Å². The van der Waals surface area contributed by atoms with Gasteiger partial charge in [0, 0.05) is 22.8 Å². The Morgan fingerprint density at radius 1 is 1.12 bits per heavy atom. The molecule has 0 aliphatic carbocycles. The van der Waals surface area contributed by atoms with Gasteiger partial charge in [-0.1, -0.05) is 17.7 Å². The lowest BCUT2D eigenvalue weighted by Crippen LogP contribution is -2.54. The van der Waals surface area contributed by atoms with Crippen molar-refractivity contribution in [2.75, 3.05) is 23.5 Å². The summed E-state index contributed by atoms with van der Waals surface area (Å²) in [5, 5.41) is 2.65. The van der Waals surface area contributed by atoms with Crippen molar-refractivity contribution in [1.82, 2.24) is 5.32 Å². The van der Waals surface area contributed by atoms with E-state index in [2.05, 4.69) is 37.1 Å². The number of carbonyl (C=O) groups excluding carboxylic acids is 3.